The third-order valence-electron chi connectivity index (χ3n) is 2.94. The number of nitrogens with one attached hydrogen (secondary N) is 1. The molecule has 2 aliphatic carbocycles. The molecule has 3 nitrogen and oxygen atoms in total. The highest BCUT2D eigenvalue weighted by molar-refractivity contribution is 5.86. The highest BCUT2D eigenvalue weighted by Crippen LogP contribution is 2.55. The van der Waals surface area contributed by atoms with Crippen LogP contribution in [0.5, 0.6) is 0 Å². The number of fused-ring (bicyclic) bond motifs is 3. The predicted molar refractivity (Wildman–Crippen MR) is 42.3 cm³/mol. The lowest BCUT2D eigenvalue weighted by atomic mass is 10.2. The lowest BCUT2D eigenvalue weighted by molar-refractivity contribution is 0.0691. The molecule has 0 amide bonds. The molecule has 1 heterocycles. The van der Waals surface area contributed by atoms with Gasteiger partial charge in [-0.05, 0) is 30.4 Å². The summed E-state index contributed by atoms with van der Waals surface area (Å²) in [4.78, 5) is 13.6. The molecule has 0 aliphatic heterocycles. The first kappa shape index (κ1) is 6.29. The van der Waals surface area contributed by atoms with E-state index < -0.39 is 5.97 Å². The molecule has 1 aromatic heterocycles. The van der Waals surface area contributed by atoms with Crippen LogP contribution in [0.15, 0.2) is 6.07 Å². The van der Waals surface area contributed by atoms with Gasteiger partial charge in [0.2, 0.25) is 0 Å². The second-order valence-corrected chi connectivity index (χ2v) is 3.73. The number of carboxylic acids is 1. The number of rotatable bonds is 1. The Balaban J connectivity index is 2.08. The number of aromatic amines is 1. The van der Waals surface area contributed by atoms with Crippen LogP contribution in [0.4, 0.5) is 0 Å². The van der Waals surface area contributed by atoms with Crippen molar-refractivity contribution in [2.45, 2.75) is 18.8 Å². The van der Waals surface area contributed by atoms with Gasteiger partial charge in [0.05, 0.1) is 0 Å². The first-order valence-electron chi connectivity index (χ1n) is 4.21. The number of carboxylic acid groups (broad SMARTS) is 1. The van der Waals surface area contributed by atoms with E-state index in [4.69, 9.17) is 5.11 Å². The zero-order chi connectivity index (χ0) is 8.29. The van der Waals surface area contributed by atoms with Crippen LogP contribution < -0.4 is 0 Å². The summed E-state index contributed by atoms with van der Waals surface area (Å²) in [7, 11) is 0. The highest BCUT2D eigenvalue weighted by Gasteiger charge is 2.46. The van der Waals surface area contributed by atoms with Gasteiger partial charge in [0.25, 0.3) is 0 Å². The molecule has 2 aliphatic rings. The maximum atomic E-state index is 10.6. The summed E-state index contributed by atoms with van der Waals surface area (Å²) >= 11 is 0. The van der Waals surface area contributed by atoms with E-state index in [-0.39, 0.29) is 0 Å². The fraction of sp³-hybridized carbons (Fsp3) is 0.444. The maximum absolute atomic E-state index is 10.6. The van der Waals surface area contributed by atoms with Crippen molar-refractivity contribution in [1.82, 2.24) is 4.98 Å². The van der Waals surface area contributed by atoms with E-state index in [0.717, 1.165) is 12.3 Å². The molecule has 2 N–H and O–H groups in total. The number of hydrogen-bond acceptors (Lipinski definition) is 1. The van der Waals surface area contributed by atoms with Crippen LogP contribution in [-0.2, 0) is 6.42 Å². The van der Waals surface area contributed by atoms with E-state index >= 15 is 0 Å². The Bertz CT molecular complexity index is 367. The molecule has 0 radical (unpaired) electrons. The number of H-pyrrole nitrogens is 1. The van der Waals surface area contributed by atoms with Crippen molar-refractivity contribution in [3.05, 3.63) is 23.0 Å². The van der Waals surface area contributed by atoms with Crippen LogP contribution in [0.2, 0.25) is 0 Å². The first-order chi connectivity index (χ1) is 5.75. The molecule has 0 aromatic carbocycles. The Kier molecular flexibility index (Phi) is 0.908. The normalized spacial score (nSPS) is 29.7. The van der Waals surface area contributed by atoms with Gasteiger partial charge >= 0.3 is 5.97 Å². The molecule has 1 saturated carbocycles. The molecule has 3 rings (SSSR count). The largest absolute Gasteiger partial charge is 0.477 e. The summed E-state index contributed by atoms with van der Waals surface area (Å²) in [5.74, 6) is 0.642. The van der Waals surface area contributed by atoms with Crippen LogP contribution in [-0.4, -0.2) is 16.1 Å². The van der Waals surface area contributed by atoms with E-state index in [2.05, 4.69) is 4.98 Å². The van der Waals surface area contributed by atoms with E-state index in [1.165, 1.54) is 17.7 Å². The fourth-order valence-electron chi connectivity index (χ4n) is 2.24. The van der Waals surface area contributed by atoms with Gasteiger partial charge in [0.1, 0.15) is 5.69 Å². The summed E-state index contributed by atoms with van der Waals surface area (Å²) in [6.07, 6.45) is 2.34. The van der Waals surface area contributed by atoms with Crippen LogP contribution in [0.1, 0.15) is 34.1 Å². The number of hydrogen-bond donors (Lipinski definition) is 2. The summed E-state index contributed by atoms with van der Waals surface area (Å²) in [6.45, 7) is 0. The van der Waals surface area contributed by atoms with Crippen LogP contribution >= 0.6 is 0 Å². The van der Waals surface area contributed by atoms with Crippen molar-refractivity contribution in [3.8, 4) is 0 Å². The lowest BCUT2D eigenvalue weighted by Crippen LogP contribution is -1.96. The van der Waals surface area contributed by atoms with Crippen molar-refractivity contribution < 1.29 is 9.90 Å². The minimum absolute atomic E-state index is 0.352. The Labute approximate surface area is 69.4 Å². The standard InChI is InChI=1S/C9H9NO2/c11-9(12)7-3-5-1-4-2-6(4)8(5)10-7/h3-4,6,10H,1-2H2,(H,11,12)/t4-,6+/m0/s1. The highest BCUT2D eigenvalue weighted by atomic mass is 16.4. The van der Waals surface area contributed by atoms with E-state index in [0.29, 0.717) is 11.6 Å². The molecule has 0 bridgehead atoms. The van der Waals surface area contributed by atoms with Gasteiger partial charge in [-0.3, -0.25) is 0 Å². The van der Waals surface area contributed by atoms with Gasteiger partial charge in [-0.15, -0.1) is 0 Å². The monoisotopic (exact) mass is 163 g/mol. The molecule has 1 aromatic rings. The Morgan fingerprint density at radius 2 is 2.50 bits per heavy atom. The minimum atomic E-state index is -0.846. The van der Waals surface area contributed by atoms with E-state index in [1.807, 2.05) is 0 Å². The average Bonchev–Trinajstić information content (AvgIpc) is 2.54. The van der Waals surface area contributed by atoms with Gasteiger partial charge in [-0.25, -0.2) is 4.79 Å². The smallest absolute Gasteiger partial charge is 0.352 e. The van der Waals surface area contributed by atoms with Crippen molar-refractivity contribution in [2.75, 3.05) is 0 Å². The maximum Gasteiger partial charge on any atom is 0.352 e. The third kappa shape index (κ3) is 0.636. The van der Waals surface area contributed by atoms with Gasteiger partial charge in [0, 0.05) is 11.6 Å². The van der Waals surface area contributed by atoms with Gasteiger partial charge in [0.15, 0.2) is 0 Å². The zero-order valence-corrected chi connectivity index (χ0v) is 6.50. The Hall–Kier alpha value is -1.25. The Morgan fingerprint density at radius 3 is 3.17 bits per heavy atom. The molecular formula is C9H9NO2. The number of aromatic nitrogens is 1. The van der Waals surface area contributed by atoms with Crippen LogP contribution in [0.25, 0.3) is 0 Å². The van der Waals surface area contributed by atoms with E-state index in [1.54, 1.807) is 6.07 Å². The topological polar surface area (TPSA) is 53.1 Å². The van der Waals surface area contributed by atoms with E-state index in [9.17, 15) is 4.79 Å². The number of aromatic carboxylic acids is 1. The minimum Gasteiger partial charge on any atom is -0.477 e. The van der Waals surface area contributed by atoms with Crippen LogP contribution in [0, 0.1) is 5.92 Å². The second kappa shape index (κ2) is 1.73. The van der Waals surface area contributed by atoms with Crippen molar-refractivity contribution in [2.24, 2.45) is 5.92 Å². The summed E-state index contributed by atoms with van der Waals surface area (Å²) in [6, 6.07) is 1.78. The summed E-state index contributed by atoms with van der Waals surface area (Å²) in [5.41, 5.74) is 2.77. The molecule has 3 heteroatoms. The van der Waals surface area contributed by atoms with Gasteiger partial charge < -0.3 is 10.1 Å². The predicted octanol–water partition coefficient (Wildman–Crippen LogP) is 1.37. The molecule has 0 spiro atoms. The molecule has 0 unspecified atom stereocenters. The molecule has 12 heavy (non-hydrogen) atoms. The fourth-order valence-corrected chi connectivity index (χ4v) is 2.24. The molecule has 1 fully saturated rings. The molecule has 62 valence electrons. The second-order valence-electron chi connectivity index (χ2n) is 3.73. The third-order valence-corrected chi connectivity index (χ3v) is 2.94. The van der Waals surface area contributed by atoms with Gasteiger partial charge in [-0.1, -0.05) is 0 Å². The Morgan fingerprint density at radius 1 is 1.67 bits per heavy atom. The molecule has 2 atom stereocenters. The SMILES string of the molecule is O=C(O)c1cc2c([nH]1)[C@@H]1C[C@@H]1C2. The molecular weight excluding hydrogens is 154 g/mol. The number of carbonyl (C=O) groups is 1. The lowest BCUT2D eigenvalue weighted by Gasteiger charge is -1.89. The van der Waals surface area contributed by atoms with Crippen molar-refractivity contribution >= 4 is 5.97 Å². The average molecular weight is 163 g/mol. The molecule has 0 saturated heterocycles. The summed E-state index contributed by atoms with van der Waals surface area (Å²) in [5, 5.41) is 8.71. The van der Waals surface area contributed by atoms with Gasteiger partial charge in [-0.2, -0.15) is 0 Å². The van der Waals surface area contributed by atoms with Crippen molar-refractivity contribution in [1.29, 1.82) is 0 Å². The first-order valence-corrected chi connectivity index (χ1v) is 4.21. The van der Waals surface area contributed by atoms with Crippen molar-refractivity contribution in [3.63, 3.8) is 0 Å². The van der Waals surface area contributed by atoms with Crippen LogP contribution in [0.3, 0.4) is 0 Å². The zero-order valence-electron chi connectivity index (χ0n) is 6.50. The quantitative estimate of drug-likeness (QED) is 0.657. The summed E-state index contributed by atoms with van der Waals surface area (Å²) < 4.78 is 0.